The third kappa shape index (κ3) is 3.08. The number of carbonyl (C=O) groups excluding carboxylic acids is 2. The Hall–Kier alpha value is -1.85. The molecule has 0 spiro atoms. The van der Waals surface area contributed by atoms with Crippen molar-refractivity contribution in [2.24, 2.45) is 0 Å². The molecular formula is C10H7F3O3. The van der Waals surface area contributed by atoms with Gasteiger partial charge >= 0.3 is 18.1 Å². The lowest BCUT2D eigenvalue weighted by atomic mass is 10.1. The van der Waals surface area contributed by atoms with E-state index in [2.05, 4.69) is 4.74 Å². The van der Waals surface area contributed by atoms with Gasteiger partial charge in [-0.15, -0.1) is 0 Å². The van der Waals surface area contributed by atoms with E-state index in [0.29, 0.717) is 6.07 Å². The van der Waals surface area contributed by atoms with Crippen molar-refractivity contribution in [3.8, 4) is 0 Å². The number of esters is 2. The molecule has 1 aromatic rings. The molecule has 1 aromatic carbocycles. The highest BCUT2D eigenvalue weighted by atomic mass is 19.4. The number of carbonyl (C=O) groups is 2. The van der Waals surface area contributed by atoms with Gasteiger partial charge in [-0.1, -0.05) is 6.07 Å². The zero-order valence-electron chi connectivity index (χ0n) is 8.17. The standard InChI is InChI=1S/C10H7F3O3/c1-6(14)16-9(15)7-3-2-4-8(5-7)10(11,12)13/h2-5H,1H3. The Morgan fingerprint density at radius 3 is 2.38 bits per heavy atom. The molecule has 0 saturated heterocycles. The summed E-state index contributed by atoms with van der Waals surface area (Å²) in [4.78, 5) is 21.6. The van der Waals surface area contributed by atoms with Crippen LogP contribution < -0.4 is 0 Å². The molecule has 0 amide bonds. The normalized spacial score (nSPS) is 11.0. The first kappa shape index (κ1) is 12.2. The molecule has 86 valence electrons. The van der Waals surface area contributed by atoms with Gasteiger partial charge < -0.3 is 4.74 Å². The second kappa shape index (κ2) is 4.34. The van der Waals surface area contributed by atoms with Crippen LogP contribution in [0.2, 0.25) is 0 Å². The minimum atomic E-state index is -4.54. The number of ether oxygens (including phenoxy) is 1. The van der Waals surface area contributed by atoms with E-state index >= 15 is 0 Å². The Morgan fingerprint density at radius 1 is 1.25 bits per heavy atom. The summed E-state index contributed by atoms with van der Waals surface area (Å²) in [6, 6.07) is 3.66. The Labute approximate surface area is 88.8 Å². The van der Waals surface area contributed by atoms with Gasteiger partial charge in [0, 0.05) is 6.92 Å². The highest BCUT2D eigenvalue weighted by molar-refractivity contribution is 5.96. The number of benzene rings is 1. The SMILES string of the molecule is CC(=O)OC(=O)c1cccc(C(F)(F)F)c1. The first-order valence-electron chi connectivity index (χ1n) is 4.20. The largest absolute Gasteiger partial charge is 0.416 e. The molecule has 0 atom stereocenters. The molecule has 0 radical (unpaired) electrons. The molecule has 6 heteroatoms. The molecule has 1 rings (SSSR count). The van der Waals surface area contributed by atoms with Gasteiger partial charge in [0.25, 0.3) is 0 Å². The van der Waals surface area contributed by atoms with Crippen LogP contribution in [0.15, 0.2) is 24.3 Å². The summed E-state index contributed by atoms with van der Waals surface area (Å²) < 4.78 is 41.0. The summed E-state index contributed by atoms with van der Waals surface area (Å²) in [5.41, 5.74) is -1.28. The van der Waals surface area contributed by atoms with Gasteiger partial charge in [-0.05, 0) is 18.2 Å². The van der Waals surface area contributed by atoms with Crippen LogP contribution in [0.5, 0.6) is 0 Å². The number of rotatable bonds is 1. The summed E-state index contributed by atoms with van der Waals surface area (Å²) in [7, 11) is 0. The summed E-state index contributed by atoms with van der Waals surface area (Å²) >= 11 is 0. The van der Waals surface area contributed by atoms with Crippen LogP contribution in [0.25, 0.3) is 0 Å². The number of hydrogen-bond acceptors (Lipinski definition) is 3. The van der Waals surface area contributed by atoms with Crippen molar-refractivity contribution >= 4 is 11.9 Å². The van der Waals surface area contributed by atoms with Crippen molar-refractivity contribution in [1.82, 2.24) is 0 Å². The molecule has 0 aromatic heterocycles. The summed E-state index contributed by atoms with van der Waals surface area (Å²) in [6.07, 6.45) is -4.54. The second-order valence-electron chi connectivity index (χ2n) is 2.96. The highest BCUT2D eigenvalue weighted by Gasteiger charge is 2.31. The maximum atomic E-state index is 12.3. The van der Waals surface area contributed by atoms with Crippen LogP contribution in [0.4, 0.5) is 13.2 Å². The first-order valence-corrected chi connectivity index (χ1v) is 4.20. The highest BCUT2D eigenvalue weighted by Crippen LogP contribution is 2.29. The van der Waals surface area contributed by atoms with E-state index in [1.807, 2.05) is 0 Å². The lowest BCUT2D eigenvalue weighted by molar-refractivity contribution is -0.137. The van der Waals surface area contributed by atoms with Crippen molar-refractivity contribution in [3.63, 3.8) is 0 Å². The molecule has 3 nitrogen and oxygen atoms in total. The summed E-state index contributed by atoms with van der Waals surface area (Å²) in [6.45, 7) is 0.992. The zero-order valence-corrected chi connectivity index (χ0v) is 8.17. The fourth-order valence-electron chi connectivity index (χ4n) is 1.01. The summed E-state index contributed by atoms with van der Waals surface area (Å²) in [5, 5.41) is 0. The fraction of sp³-hybridized carbons (Fsp3) is 0.200. The van der Waals surface area contributed by atoms with Crippen LogP contribution in [0.1, 0.15) is 22.8 Å². The molecular weight excluding hydrogens is 225 g/mol. The fourth-order valence-corrected chi connectivity index (χ4v) is 1.01. The number of alkyl halides is 3. The van der Waals surface area contributed by atoms with Gasteiger partial charge in [-0.25, -0.2) is 4.79 Å². The lowest BCUT2D eigenvalue weighted by Gasteiger charge is -2.07. The van der Waals surface area contributed by atoms with Crippen molar-refractivity contribution in [3.05, 3.63) is 35.4 Å². The van der Waals surface area contributed by atoms with Crippen LogP contribution in [0, 0.1) is 0 Å². The minimum absolute atomic E-state index is 0.315. The van der Waals surface area contributed by atoms with Crippen molar-refractivity contribution in [1.29, 1.82) is 0 Å². The number of halogens is 3. The molecule has 0 saturated carbocycles. The van der Waals surface area contributed by atoms with Gasteiger partial charge in [-0.3, -0.25) is 4.79 Å². The average Bonchev–Trinajstić information content (AvgIpc) is 2.15. The average molecular weight is 232 g/mol. The van der Waals surface area contributed by atoms with Gasteiger partial charge in [0.05, 0.1) is 11.1 Å². The van der Waals surface area contributed by atoms with E-state index in [-0.39, 0.29) is 5.56 Å². The third-order valence-corrected chi connectivity index (χ3v) is 1.66. The Morgan fingerprint density at radius 2 is 1.88 bits per heavy atom. The van der Waals surface area contributed by atoms with Crippen LogP contribution in [-0.2, 0) is 15.7 Å². The molecule has 0 fully saturated rings. The molecule has 0 bridgehead atoms. The van der Waals surface area contributed by atoms with E-state index in [1.54, 1.807) is 0 Å². The van der Waals surface area contributed by atoms with Gasteiger partial charge in [0.1, 0.15) is 0 Å². The molecule has 0 heterocycles. The maximum Gasteiger partial charge on any atom is 0.416 e. The van der Waals surface area contributed by atoms with E-state index in [4.69, 9.17) is 0 Å². The molecule has 0 N–H and O–H groups in total. The maximum absolute atomic E-state index is 12.3. The third-order valence-electron chi connectivity index (χ3n) is 1.66. The summed E-state index contributed by atoms with van der Waals surface area (Å²) in [5.74, 6) is -1.97. The van der Waals surface area contributed by atoms with Crippen molar-refractivity contribution < 1.29 is 27.5 Å². The Bertz CT molecular complexity index is 424. The van der Waals surface area contributed by atoms with Gasteiger partial charge in [0.15, 0.2) is 0 Å². The van der Waals surface area contributed by atoms with Gasteiger partial charge in [-0.2, -0.15) is 13.2 Å². The van der Waals surface area contributed by atoms with E-state index in [1.165, 1.54) is 0 Å². The van der Waals surface area contributed by atoms with E-state index in [9.17, 15) is 22.8 Å². The molecule has 0 aliphatic heterocycles. The van der Waals surface area contributed by atoms with Crippen LogP contribution in [-0.4, -0.2) is 11.9 Å². The topological polar surface area (TPSA) is 43.4 Å². The monoisotopic (exact) mass is 232 g/mol. The van der Waals surface area contributed by atoms with Crippen LogP contribution >= 0.6 is 0 Å². The molecule has 0 aliphatic carbocycles. The van der Waals surface area contributed by atoms with E-state index in [0.717, 1.165) is 25.1 Å². The smallest absolute Gasteiger partial charge is 0.390 e. The molecule has 0 unspecified atom stereocenters. The zero-order chi connectivity index (χ0) is 12.3. The lowest BCUT2D eigenvalue weighted by Crippen LogP contribution is -2.11. The second-order valence-corrected chi connectivity index (χ2v) is 2.96. The molecule has 0 aliphatic rings. The predicted octanol–water partition coefficient (Wildman–Crippen LogP) is 2.41. The predicted molar refractivity (Wildman–Crippen MR) is 47.5 cm³/mol. The first-order chi connectivity index (χ1) is 7.30. The minimum Gasteiger partial charge on any atom is -0.390 e. The molecule has 16 heavy (non-hydrogen) atoms. The van der Waals surface area contributed by atoms with E-state index < -0.39 is 23.7 Å². The Kier molecular flexibility index (Phi) is 3.31. The Balaban J connectivity index is 2.99. The number of hydrogen-bond donors (Lipinski definition) is 0. The van der Waals surface area contributed by atoms with Crippen molar-refractivity contribution in [2.75, 3.05) is 0 Å². The quantitative estimate of drug-likeness (QED) is 0.551. The van der Waals surface area contributed by atoms with Crippen LogP contribution in [0.3, 0.4) is 0 Å². The van der Waals surface area contributed by atoms with Crippen molar-refractivity contribution in [2.45, 2.75) is 13.1 Å². The van der Waals surface area contributed by atoms with Gasteiger partial charge in [0.2, 0.25) is 0 Å².